The molecule has 3 unspecified atom stereocenters. The SMILES string of the molecule is COc1ccc(C(O)C2CC2c2ccccc2)cc1Br. The predicted molar refractivity (Wildman–Crippen MR) is 82.9 cm³/mol. The van der Waals surface area contributed by atoms with Crippen LogP contribution in [0.15, 0.2) is 53.0 Å². The quantitative estimate of drug-likeness (QED) is 0.904. The average molecular weight is 333 g/mol. The molecule has 3 atom stereocenters. The number of benzene rings is 2. The summed E-state index contributed by atoms with van der Waals surface area (Å²) in [6.45, 7) is 0. The van der Waals surface area contributed by atoms with Crippen molar-refractivity contribution >= 4 is 15.9 Å². The second-order valence-electron chi connectivity index (χ2n) is 5.26. The molecule has 0 amide bonds. The van der Waals surface area contributed by atoms with E-state index in [1.54, 1.807) is 7.11 Å². The van der Waals surface area contributed by atoms with E-state index in [1.807, 2.05) is 24.3 Å². The van der Waals surface area contributed by atoms with E-state index in [2.05, 4.69) is 40.2 Å². The molecule has 2 aromatic carbocycles. The summed E-state index contributed by atoms with van der Waals surface area (Å²) in [5.74, 6) is 1.58. The molecule has 0 spiro atoms. The Kier molecular flexibility index (Phi) is 3.81. The fraction of sp³-hybridized carbons (Fsp3) is 0.294. The van der Waals surface area contributed by atoms with Gasteiger partial charge in [0.25, 0.3) is 0 Å². The standard InChI is InChI=1S/C17H17BrO2/c1-20-16-8-7-12(9-15(16)18)17(19)14-10-13(14)11-5-3-2-4-6-11/h2-9,13-14,17,19H,10H2,1H3. The summed E-state index contributed by atoms with van der Waals surface area (Å²) in [4.78, 5) is 0. The molecule has 1 fully saturated rings. The molecular formula is C17H17BrO2. The normalized spacial score (nSPS) is 22.4. The molecule has 20 heavy (non-hydrogen) atoms. The van der Waals surface area contributed by atoms with Gasteiger partial charge in [-0.25, -0.2) is 0 Å². The van der Waals surface area contributed by atoms with Gasteiger partial charge in [0.2, 0.25) is 0 Å². The van der Waals surface area contributed by atoms with Crippen molar-refractivity contribution in [3.8, 4) is 5.75 Å². The predicted octanol–water partition coefficient (Wildman–Crippen LogP) is 4.29. The Morgan fingerprint density at radius 2 is 1.95 bits per heavy atom. The first-order chi connectivity index (χ1) is 9.70. The molecule has 0 aromatic heterocycles. The van der Waals surface area contributed by atoms with Crippen LogP contribution in [0.2, 0.25) is 0 Å². The fourth-order valence-electron chi connectivity index (χ4n) is 2.76. The topological polar surface area (TPSA) is 29.5 Å². The molecule has 1 aliphatic carbocycles. The van der Waals surface area contributed by atoms with Crippen LogP contribution in [0.3, 0.4) is 0 Å². The molecule has 3 rings (SSSR count). The summed E-state index contributed by atoms with van der Waals surface area (Å²) < 4.78 is 6.10. The Labute approximate surface area is 127 Å². The van der Waals surface area contributed by atoms with Gasteiger partial charge in [0.15, 0.2) is 0 Å². The molecule has 104 valence electrons. The second-order valence-corrected chi connectivity index (χ2v) is 6.11. The van der Waals surface area contributed by atoms with Crippen LogP contribution in [0.5, 0.6) is 5.75 Å². The molecule has 1 saturated carbocycles. The van der Waals surface area contributed by atoms with E-state index >= 15 is 0 Å². The van der Waals surface area contributed by atoms with Crippen molar-refractivity contribution in [2.24, 2.45) is 5.92 Å². The maximum absolute atomic E-state index is 10.5. The monoisotopic (exact) mass is 332 g/mol. The molecule has 0 bridgehead atoms. The highest BCUT2D eigenvalue weighted by molar-refractivity contribution is 9.10. The molecular weight excluding hydrogens is 316 g/mol. The summed E-state index contributed by atoms with van der Waals surface area (Å²) in [5.41, 5.74) is 2.27. The molecule has 0 aliphatic heterocycles. The average Bonchev–Trinajstić information content (AvgIpc) is 3.28. The van der Waals surface area contributed by atoms with Crippen LogP contribution in [0.4, 0.5) is 0 Å². The van der Waals surface area contributed by atoms with Crippen LogP contribution >= 0.6 is 15.9 Å². The van der Waals surface area contributed by atoms with Gasteiger partial charge in [0.1, 0.15) is 5.75 Å². The zero-order valence-corrected chi connectivity index (χ0v) is 12.9. The minimum absolute atomic E-state index is 0.317. The van der Waals surface area contributed by atoms with Gasteiger partial charge in [0, 0.05) is 0 Å². The van der Waals surface area contributed by atoms with Gasteiger partial charge < -0.3 is 9.84 Å². The first kappa shape index (κ1) is 13.7. The zero-order valence-electron chi connectivity index (χ0n) is 11.3. The first-order valence-electron chi connectivity index (χ1n) is 6.77. The number of methoxy groups -OCH3 is 1. The lowest BCUT2D eigenvalue weighted by molar-refractivity contribution is 0.151. The molecule has 3 heteroatoms. The number of hydrogen-bond donors (Lipinski definition) is 1. The summed E-state index contributed by atoms with van der Waals surface area (Å²) >= 11 is 3.47. The highest BCUT2D eigenvalue weighted by atomic mass is 79.9. The van der Waals surface area contributed by atoms with Crippen LogP contribution in [0, 0.1) is 5.92 Å². The van der Waals surface area contributed by atoms with E-state index in [0.29, 0.717) is 11.8 Å². The second kappa shape index (κ2) is 5.58. The minimum Gasteiger partial charge on any atom is -0.496 e. The Hall–Kier alpha value is -1.32. The van der Waals surface area contributed by atoms with E-state index < -0.39 is 6.10 Å². The minimum atomic E-state index is -0.414. The molecule has 1 N–H and O–H groups in total. The number of hydrogen-bond acceptors (Lipinski definition) is 2. The highest BCUT2D eigenvalue weighted by Crippen LogP contribution is 2.54. The first-order valence-corrected chi connectivity index (χ1v) is 7.56. The molecule has 2 nitrogen and oxygen atoms in total. The van der Waals surface area contributed by atoms with Crippen LogP contribution in [0.1, 0.15) is 29.6 Å². The summed E-state index contributed by atoms with van der Waals surface area (Å²) in [6.07, 6.45) is 0.636. The maximum Gasteiger partial charge on any atom is 0.133 e. The number of aliphatic hydroxyl groups excluding tert-OH is 1. The van der Waals surface area contributed by atoms with Gasteiger partial charge in [0.05, 0.1) is 17.7 Å². The number of aliphatic hydroxyl groups is 1. The maximum atomic E-state index is 10.5. The lowest BCUT2D eigenvalue weighted by Gasteiger charge is -2.13. The Bertz CT molecular complexity index is 597. The smallest absolute Gasteiger partial charge is 0.133 e. The summed E-state index contributed by atoms with van der Waals surface area (Å²) in [5, 5.41) is 10.5. The largest absolute Gasteiger partial charge is 0.496 e. The van der Waals surface area contributed by atoms with Crippen molar-refractivity contribution in [3.05, 3.63) is 64.1 Å². The zero-order chi connectivity index (χ0) is 14.1. The van der Waals surface area contributed by atoms with Gasteiger partial charge in [-0.2, -0.15) is 0 Å². The van der Waals surface area contributed by atoms with Crippen LogP contribution in [-0.4, -0.2) is 12.2 Å². The third-order valence-corrected chi connectivity index (χ3v) is 4.61. The summed E-state index contributed by atoms with van der Waals surface area (Å²) in [7, 11) is 1.64. The van der Waals surface area contributed by atoms with Crippen molar-refractivity contribution in [2.45, 2.75) is 18.4 Å². The Balaban J connectivity index is 1.75. The van der Waals surface area contributed by atoms with Gasteiger partial charge in [-0.3, -0.25) is 0 Å². The van der Waals surface area contributed by atoms with E-state index in [0.717, 1.165) is 22.2 Å². The third kappa shape index (κ3) is 2.60. The number of ether oxygens (including phenoxy) is 1. The van der Waals surface area contributed by atoms with Crippen molar-refractivity contribution in [3.63, 3.8) is 0 Å². The Morgan fingerprint density at radius 3 is 2.60 bits per heavy atom. The lowest BCUT2D eigenvalue weighted by atomic mass is 10.0. The van der Waals surface area contributed by atoms with Crippen LogP contribution < -0.4 is 4.74 Å². The van der Waals surface area contributed by atoms with E-state index in [-0.39, 0.29) is 0 Å². The molecule has 2 aromatic rings. The third-order valence-electron chi connectivity index (χ3n) is 3.99. The van der Waals surface area contributed by atoms with Crippen molar-refractivity contribution < 1.29 is 9.84 Å². The number of rotatable bonds is 4. The van der Waals surface area contributed by atoms with Crippen LogP contribution in [-0.2, 0) is 0 Å². The van der Waals surface area contributed by atoms with Gasteiger partial charge >= 0.3 is 0 Å². The molecule has 1 aliphatic rings. The summed E-state index contributed by atoms with van der Waals surface area (Å²) in [6, 6.07) is 16.2. The Morgan fingerprint density at radius 1 is 1.20 bits per heavy atom. The van der Waals surface area contributed by atoms with Gasteiger partial charge in [-0.05, 0) is 57.4 Å². The molecule has 0 heterocycles. The van der Waals surface area contributed by atoms with Crippen LogP contribution in [0.25, 0.3) is 0 Å². The molecule has 0 radical (unpaired) electrons. The van der Waals surface area contributed by atoms with E-state index in [4.69, 9.17) is 4.74 Å². The van der Waals surface area contributed by atoms with Crippen molar-refractivity contribution in [1.29, 1.82) is 0 Å². The van der Waals surface area contributed by atoms with Gasteiger partial charge in [-0.1, -0.05) is 36.4 Å². The van der Waals surface area contributed by atoms with E-state index in [1.165, 1.54) is 5.56 Å². The van der Waals surface area contributed by atoms with Gasteiger partial charge in [-0.15, -0.1) is 0 Å². The van der Waals surface area contributed by atoms with Crippen molar-refractivity contribution in [1.82, 2.24) is 0 Å². The highest BCUT2D eigenvalue weighted by Gasteiger charge is 2.43. The van der Waals surface area contributed by atoms with E-state index in [9.17, 15) is 5.11 Å². The number of halogens is 1. The fourth-order valence-corrected chi connectivity index (χ4v) is 3.32. The molecule has 0 saturated heterocycles. The lowest BCUT2D eigenvalue weighted by Crippen LogP contribution is -2.01. The van der Waals surface area contributed by atoms with Crippen molar-refractivity contribution in [2.75, 3.05) is 7.11 Å².